The van der Waals surface area contributed by atoms with E-state index in [9.17, 15) is 31.9 Å². The second kappa shape index (κ2) is 7.46. The second-order valence-corrected chi connectivity index (χ2v) is 6.83. The maximum Gasteiger partial charge on any atom is 0.416 e. The Kier molecular flexibility index (Phi) is 4.93. The minimum atomic E-state index is -4.62. The summed E-state index contributed by atoms with van der Waals surface area (Å²) in [6.45, 7) is 0. The van der Waals surface area contributed by atoms with Crippen molar-refractivity contribution in [2.45, 2.75) is 6.18 Å². The summed E-state index contributed by atoms with van der Waals surface area (Å²) in [6.07, 6.45) is -4.62. The number of benzene rings is 3. The van der Waals surface area contributed by atoms with Crippen LogP contribution >= 0.6 is 0 Å². The Morgan fingerprint density at radius 3 is 1.97 bits per heavy atom. The Morgan fingerprint density at radius 2 is 1.39 bits per heavy atom. The Balaban J connectivity index is 1.80. The van der Waals surface area contributed by atoms with E-state index in [1.165, 1.54) is 18.2 Å². The van der Waals surface area contributed by atoms with Crippen LogP contribution in [0.2, 0.25) is 0 Å². The van der Waals surface area contributed by atoms with Crippen LogP contribution in [0.3, 0.4) is 0 Å². The van der Waals surface area contributed by atoms with Crippen LogP contribution in [0.25, 0.3) is 33.3 Å². The highest BCUT2D eigenvalue weighted by Crippen LogP contribution is 2.34. The monoisotopic (exact) mass is 429 g/mol. The van der Waals surface area contributed by atoms with Gasteiger partial charge >= 0.3 is 12.1 Å². The van der Waals surface area contributed by atoms with E-state index in [1.807, 2.05) is 0 Å². The van der Waals surface area contributed by atoms with E-state index < -0.39 is 29.3 Å². The first-order valence-electron chi connectivity index (χ1n) is 8.94. The van der Waals surface area contributed by atoms with Crippen molar-refractivity contribution in [2.24, 2.45) is 0 Å². The van der Waals surface area contributed by atoms with Gasteiger partial charge in [0, 0.05) is 17.0 Å². The standard InChI is InChI=1S/C23H12F5NO2/c24-16-7-14(8-17(25)10-16)12-1-3-13(4-2-12)21-11-19(22(30)31)18-9-15(23(26,27)28)5-6-20(18)29-21/h1-11H,(H,30,31). The van der Waals surface area contributed by atoms with E-state index in [4.69, 9.17) is 0 Å². The lowest BCUT2D eigenvalue weighted by atomic mass is 9.99. The van der Waals surface area contributed by atoms with Crippen molar-refractivity contribution in [2.75, 3.05) is 0 Å². The number of aromatic nitrogens is 1. The largest absolute Gasteiger partial charge is 0.478 e. The highest BCUT2D eigenvalue weighted by atomic mass is 19.4. The molecule has 0 aliphatic heterocycles. The predicted molar refractivity (Wildman–Crippen MR) is 104 cm³/mol. The van der Waals surface area contributed by atoms with Gasteiger partial charge in [0.15, 0.2) is 0 Å². The molecule has 4 aromatic rings. The number of nitrogens with zero attached hydrogens (tertiary/aromatic N) is 1. The summed E-state index contributed by atoms with van der Waals surface area (Å²) in [4.78, 5) is 16.0. The molecule has 0 radical (unpaired) electrons. The highest BCUT2D eigenvalue weighted by molar-refractivity contribution is 6.04. The minimum Gasteiger partial charge on any atom is -0.478 e. The number of carboxylic acids is 1. The summed E-state index contributed by atoms with van der Waals surface area (Å²) in [5.74, 6) is -2.83. The Hall–Kier alpha value is -3.81. The van der Waals surface area contributed by atoms with E-state index >= 15 is 0 Å². The number of halogens is 5. The maximum atomic E-state index is 13.5. The van der Waals surface area contributed by atoms with Crippen LogP contribution in [0.15, 0.2) is 66.7 Å². The molecule has 1 aromatic heterocycles. The molecule has 0 amide bonds. The molecule has 3 aromatic carbocycles. The van der Waals surface area contributed by atoms with Crippen molar-refractivity contribution < 1.29 is 31.9 Å². The predicted octanol–water partition coefficient (Wildman–Crippen LogP) is 6.56. The number of carboxylic acid groups (broad SMARTS) is 1. The normalized spacial score (nSPS) is 11.6. The molecule has 31 heavy (non-hydrogen) atoms. The van der Waals surface area contributed by atoms with Crippen molar-refractivity contribution in [1.29, 1.82) is 0 Å². The van der Waals surface area contributed by atoms with Gasteiger partial charge < -0.3 is 5.11 Å². The van der Waals surface area contributed by atoms with Crippen LogP contribution in [0.4, 0.5) is 22.0 Å². The lowest BCUT2D eigenvalue weighted by Gasteiger charge is -2.11. The molecule has 1 N–H and O–H groups in total. The molecule has 0 spiro atoms. The summed E-state index contributed by atoms with van der Waals surface area (Å²) >= 11 is 0. The molecular weight excluding hydrogens is 417 g/mol. The van der Waals surface area contributed by atoms with Crippen molar-refractivity contribution in [3.8, 4) is 22.4 Å². The molecule has 0 atom stereocenters. The molecule has 0 bridgehead atoms. The van der Waals surface area contributed by atoms with Crippen LogP contribution in [0.5, 0.6) is 0 Å². The molecule has 156 valence electrons. The average Bonchev–Trinajstić information content (AvgIpc) is 2.71. The van der Waals surface area contributed by atoms with Crippen molar-refractivity contribution in [3.05, 3.63) is 89.5 Å². The van der Waals surface area contributed by atoms with E-state index in [0.717, 1.165) is 24.3 Å². The second-order valence-electron chi connectivity index (χ2n) is 6.83. The van der Waals surface area contributed by atoms with Gasteiger partial charge in [-0.15, -0.1) is 0 Å². The third-order valence-corrected chi connectivity index (χ3v) is 4.74. The van der Waals surface area contributed by atoms with Crippen molar-refractivity contribution >= 4 is 16.9 Å². The lowest BCUT2D eigenvalue weighted by molar-refractivity contribution is -0.137. The fourth-order valence-electron chi connectivity index (χ4n) is 3.28. The number of rotatable bonds is 3. The topological polar surface area (TPSA) is 50.2 Å². The SMILES string of the molecule is O=C(O)c1cc(-c2ccc(-c3cc(F)cc(F)c3)cc2)nc2ccc(C(F)(F)F)cc12. The van der Waals surface area contributed by atoms with E-state index in [2.05, 4.69) is 4.98 Å². The molecule has 0 fully saturated rings. The molecule has 0 saturated heterocycles. The van der Waals surface area contributed by atoms with Gasteiger partial charge in [-0.2, -0.15) is 13.2 Å². The first kappa shape index (κ1) is 20.5. The van der Waals surface area contributed by atoms with Crippen molar-refractivity contribution in [3.63, 3.8) is 0 Å². The fraction of sp³-hybridized carbons (Fsp3) is 0.0435. The van der Waals surface area contributed by atoms with Crippen LogP contribution < -0.4 is 0 Å². The number of hydrogen-bond donors (Lipinski definition) is 1. The summed E-state index contributed by atoms with van der Waals surface area (Å²) in [5, 5.41) is 9.39. The number of alkyl halides is 3. The summed E-state index contributed by atoms with van der Waals surface area (Å²) in [7, 11) is 0. The quantitative estimate of drug-likeness (QED) is 0.375. The number of pyridine rings is 1. The zero-order valence-corrected chi connectivity index (χ0v) is 15.5. The van der Waals surface area contributed by atoms with Crippen LogP contribution in [-0.4, -0.2) is 16.1 Å². The van der Waals surface area contributed by atoms with E-state index in [0.29, 0.717) is 16.7 Å². The van der Waals surface area contributed by atoms with E-state index in [1.54, 1.807) is 24.3 Å². The van der Waals surface area contributed by atoms with Crippen LogP contribution in [0, 0.1) is 11.6 Å². The number of fused-ring (bicyclic) bond motifs is 1. The lowest BCUT2D eigenvalue weighted by Crippen LogP contribution is -2.06. The third-order valence-electron chi connectivity index (χ3n) is 4.74. The molecule has 0 unspecified atom stereocenters. The zero-order chi connectivity index (χ0) is 22.3. The fourth-order valence-corrected chi connectivity index (χ4v) is 3.28. The summed E-state index contributed by atoms with van der Waals surface area (Å²) in [5.41, 5.74) is 0.384. The third kappa shape index (κ3) is 4.09. The van der Waals surface area contributed by atoms with Crippen LogP contribution in [-0.2, 0) is 6.18 Å². The molecule has 8 heteroatoms. The summed E-state index contributed by atoms with van der Waals surface area (Å²) < 4.78 is 65.9. The Morgan fingerprint density at radius 1 is 0.774 bits per heavy atom. The molecule has 0 aliphatic rings. The number of aromatic carboxylic acids is 1. The first-order chi connectivity index (χ1) is 14.6. The molecular formula is C23H12F5NO2. The Labute approximate surface area is 172 Å². The highest BCUT2D eigenvalue weighted by Gasteiger charge is 2.31. The van der Waals surface area contributed by atoms with E-state index in [-0.39, 0.29) is 22.2 Å². The molecule has 0 saturated carbocycles. The first-order valence-corrected chi connectivity index (χ1v) is 8.94. The molecule has 4 rings (SSSR count). The number of carbonyl (C=O) groups is 1. The number of hydrogen-bond acceptors (Lipinski definition) is 2. The van der Waals surface area contributed by atoms with Gasteiger partial charge in [0.2, 0.25) is 0 Å². The smallest absolute Gasteiger partial charge is 0.416 e. The minimum absolute atomic E-state index is 0.0965. The zero-order valence-electron chi connectivity index (χ0n) is 15.5. The van der Waals surface area contributed by atoms with Gasteiger partial charge in [-0.3, -0.25) is 0 Å². The van der Waals surface area contributed by atoms with Crippen LogP contribution in [0.1, 0.15) is 15.9 Å². The van der Waals surface area contributed by atoms with Gasteiger partial charge in [0.05, 0.1) is 22.3 Å². The molecule has 0 aliphatic carbocycles. The molecule has 3 nitrogen and oxygen atoms in total. The Bertz CT molecular complexity index is 1290. The van der Waals surface area contributed by atoms with Gasteiger partial charge in [-0.25, -0.2) is 18.6 Å². The van der Waals surface area contributed by atoms with Crippen molar-refractivity contribution in [1.82, 2.24) is 4.98 Å². The molecule has 1 heterocycles. The maximum absolute atomic E-state index is 13.5. The van der Waals surface area contributed by atoms with Gasteiger partial charge in [-0.05, 0) is 47.5 Å². The van der Waals surface area contributed by atoms with Gasteiger partial charge in [0.1, 0.15) is 11.6 Å². The van der Waals surface area contributed by atoms with Gasteiger partial charge in [-0.1, -0.05) is 24.3 Å². The summed E-state index contributed by atoms with van der Waals surface area (Å²) in [6, 6.07) is 13.4. The average molecular weight is 429 g/mol. The van der Waals surface area contributed by atoms with Gasteiger partial charge in [0.25, 0.3) is 0 Å².